The van der Waals surface area contributed by atoms with Crippen LogP contribution in [0, 0.1) is 0 Å². The summed E-state index contributed by atoms with van der Waals surface area (Å²) in [5.74, 6) is 0.825. The van der Waals surface area contributed by atoms with Crippen molar-refractivity contribution in [3.63, 3.8) is 0 Å². The molecule has 3 aromatic carbocycles. The van der Waals surface area contributed by atoms with Gasteiger partial charge in [0, 0.05) is 27.0 Å². The van der Waals surface area contributed by atoms with Crippen LogP contribution in [0.3, 0.4) is 0 Å². The Morgan fingerprint density at radius 2 is 1.80 bits per heavy atom. The fraction of sp³-hybridized carbons (Fsp3) is 0.0870. The molecule has 2 heterocycles. The molecular weight excluding hydrogens is 462 g/mol. The van der Waals surface area contributed by atoms with E-state index in [-0.39, 0.29) is 0 Å². The lowest BCUT2D eigenvalue weighted by Gasteiger charge is -2.10. The molecule has 0 unspecified atom stereocenters. The summed E-state index contributed by atoms with van der Waals surface area (Å²) in [5, 5.41) is 14.1. The van der Waals surface area contributed by atoms with Gasteiger partial charge in [-0.1, -0.05) is 69.1 Å². The Kier molecular flexibility index (Phi) is 5.11. The van der Waals surface area contributed by atoms with Crippen LogP contribution in [-0.2, 0) is 6.42 Å². The minimum atomic E-state index is 0.723. The lowest BCUT2D eigenvalue weighted by molar-refractivity contribution is 0.876. The van der Waals surface area contributed by atoms with Crippen LogP contribution < -0.4 is 5.32 Å². The van der Waals surface area contributed by atoms with E-state index in [1.165, 1.54) is 5.56 Å². The Labute approximate surface area is 186 Å². The molecule has 7 heteroatoms. The number of fused-ring (bicyclic) bond motifs is 3. The molecule has 30 heavy (non-hydrogen) atoms. The summed E-state index contributed by atoms with van der Waals surface area (Å²) in [5.41, 5.74) is 4.63. The molecule has 0 bridgehead atoms. The second-order valence-corrected chi connectivity index (χ2v) is 8.32. The first-order valence-corrected chi connectivity index (χ1v) is 10.7. The summed E-state index contributed by atoms with van der Waals surface area (Å²) >= 11 is 9.51. The molecule has 0 saturated carbocycles. The summed E-state index contributed by atoms with van der Waals surface area (Å²) in [6.07, 6.45) is 0.869. The Morgan fingerprint density at radius 1 is 0.967 bits per heavy atom. The third kappa shape index (κ3) is 3.64. The summed E-state index contributed by atoms with van der Waals surface area (Å²) in [4.78, 5) is 4.91. The Bertz CT molecular complexity index is 1350. The maximum atomic E-state index is 5.98. The summed E-state index contributed by atoms with van der Waals surface area (Å²) in [6, 6.07) is 24.0. The predicted octanol–water partition coefficient (Wildman–Crippen LogP) is 6.02. The van der Waals surface area contributed by atoms with E-state index in [4.69, 9.17) is 16.6 Å². The molecule has 5 aromatic rings. The van der Waals surface area contributed by atoms with Gasteiger partial charge >= 0.3 is 0 Å². The Morgan fingerprint density at radius 3 is 2.63 bits per heavy atom. The minimum absolute atomic E-state index is 0.723. The zero-order chi connectivity index (χ0) is 20.5. The van der Waals surface area contributed by atoms with Crippen LogP contribution in [0.1, 0.15) is 5.56 Å². The third-order valence-electron chi connectivity index (χ3n) is 4.97. The number of hydrogen-bond acceptors (Lipinski definition) is 4. The molecule has 2 aromatic heterocycles. The summed E-state index contributed by atoms with van der Waals surface area (Å²) in [6.45, 7) is 0.753. The van der Waals surface area contributed by atoms with E-state index in [1.54, 1.807) is 4.52 Å². The lowest BCUT2D eigenvalue weighted by atomic mass is 10.1. The molecule has 5 nitrogen and oxygen atoms in total. The van der Waals surface area contributed by atoms with E-state index in [1.807, 2.05) is 72.8 Å². The maximum absolute atomic E-state index is 5.98. The SMILES string of the molecule is Clc1ccc(CCNc2nc3c(-c4cccc(Br)c4)nnn3c3ccccc23)cc1. The molecule has 0 amide bonds. The van der Waals surface area contributed by atoms with Crippen LogP contribution in [0.25, 0.3) is 27.8 Å². The first-order valence-electron chi connectivity index (χ1n) is 9.57. The highest BCUT2D eigenvalue weighted by Gasteiger charge is 2.15. The molecule has 0 aliphatic rings. The first-order chi connectivity index (χ1) is 14.7. The van der Waals surface area contributed by atoms with Crippen molar-refractivity contribution >= 4 is 49.9 Å². The topological polar surface area (TPSA) is 55.1 Å². The van der Waals surface area contributed by atoms with Gasteiger partial charge in [0.1, 0.15) is 11.5 Å². The zero-order valence-electron chi connectivity index (χ0n) is 15.9. The van der Waals surface area contributed by atoms with Crippen molar-refractivity contribution in [3.05, 3.63) is 87.9 Å². The standard InChI is InChI=1S/C23H17BrClN5/c24-17-5-3-4-16(14-17)21-23-27-22(26-13-12-15-8-10-18(25)11-9-15)19-6-1-2-7-20(19)30(23)29-28-21/h1-11,14H,12-13H2,(H,26,27). The molecule has 0 aliphatic heterocycles. The van der Waals surface area contributed by atoms with Crippen LogP contribution >= 0.6 is 27.5 Å². The van der Waals surface area contributed by atoms with Crippen LogP contribution in [-0.4, -0.2) is 26.4 Å². The second-order valence-electron chi connectivity index (χ2n) is 6.96. The number of aromatic nitrogens is 4. The number of para-hydroxylation sites is 1. The van der Waals surface area contributed by atoms with Gasteiger partial charge in [-0.05, 0) is 48.4 Å². The van der Waals surface area contributed by atoms with Crippen molar-refractivity contribution in [3.8, 4) is 11.3 Å². The highest BCUT2D eigenvalue weighted by Crippen LogP contribution is 2.29. The third-order valence-corrected chi connectivity index (χ3v) is 5.71. The molecule has 0 radical (unpaired) electrons. The molecule has 5 rings (SSSR count). The molecule has 0 atom stereocenters. The van der Waals surface area contributed by atoms with Gasteiger partial charge in [-0.3, -0.25) is 0 Å². The highest BCUT2D eigenvalue weighted by atomic mass is 79.9. The van der Waals surface area contributed by atoms with E-state index in [0.717, 1.165) is 56.1 Å². The fourth-order valence-corrected chi connectivity index (χ4v) is 4.02. The van der Waals surface area contributed by atoms with Crippen molar-refractivity contribution in [2.24, 2.45) is 0 Å². The van der Waals surface area contributed by atoms with E-state index in [0.29, 0.717) is 0 Å². The number of hydrogen-bond donors (Lipinski definition) is 1. The number of nitrogens with zero attached hydrogens (tertiary/aromatic N) is 4. The van der Waals surface area contributed by atoms with Gasteiger partial charge < -0.3 is 5.32 Å². The maximum Gasteiger partial charge on any atom is 0.186 e. The molecule has 1 N–H and O–H groups in total. The van der Waals surface area contributed by atoms with Crippen LogP contribution in [0.2, 0.25) is 5.02 Å². The molecule has 148 valence electrons. The molecular formula is C23H17BrClN5. The number of nitrogens with one attached hydrogen (secondary N) is 1. The Hall–Kier alpha value is -2.96. The van der Waals surface area contributed by atoms with Crippen molar-refractivity contribution in [2.75, 3.05) is 11.9 Å². The average molecular weight is 479 g/mol. The summed E-state index contributed by atoms with van der Waals surface area (Å²) < 4.78 is 2.79. The first kappa shape index (κ1) is 19.0. The number of benzene rings is 3. The summed E-state index contributed by atoms with van der Waals surface area (Å²) in [7, 11) is 0. The van der Waals surface area contributed by atoms with E-state index < -0.39 is 0 Å². The molecule has 0 spiro atoms. The predicted molar refractivity (Wildman–Crippen MR) is 125 cm³/mol. The molecule has 0 saturated heterocycles. The van der Waals surface area contributed by atoms with Crippen LogP contribution in [0.4, 0.5) is 5.82 Å². The van der Waals surface area contributed by atoms with Gasteiger partial charge in [-0.25, -0.2) is 4.98 Å². The lowest BCUT2D eigenvalue weighted by Crippen LogP contribution is -2.08. The quantitative estimate of drug-likeness (QED) is 0.336. The van der Waals surface area contributed by atoms with Gasteiger partial charge in [-0.2, -0.15) is 4.52 Å². The average Bonchev–Trinajstić information content (AvgIpc) is 3.19. The van der Waals surface area contributed by atoms with Crippen molar-refractivity contribution in [1.82, 2.24) is 19.8 Å². The number of anilines is 1. The highest BCUT2D eigenvalue weighted by molar-refractivity contribution is 9.10. The number of halogens is 2. The van der Waals surface area contributed by atoms with Crippen LogP contribution in [0.5, 0.6) is 0 Å². The van der Waals surface area contributed by atoms with Crippen molar-refractivity contribution < 1.29 is 0 Å². The zero-order valence-corrected chi connectivity index (χ0v) is 18.2. The molecule has 0 fully saturated rings. The van der Waals surface area contributed by atoms with Gasteiger partial charge in [-0.15, -0.1) is 5.10 Å². The monoisotopic (exact) mass is 477 g/mol. The largest absolute Gasteiger partial charge is 0.369 e. The minimum Gasteiger partial charge on any atom is -0.369 e. The van der Waals surface area contributed by atoms with Gasteiger partial charge in [0.2, 0.25) is 0 Å². The van der Waals surface area contributed by atoms with Crippen molar-refractivity contribution in [2.45, 2.75) is 6.42 Å². The van der Waals surface area contributed by atoms with Gasteiger partial charge in [0.05, 0.1) is 5.52 Å². The number of rotatable bonds is 5. The van der Waals surface area contributed by atoms with Gasteiger partial charge in [0.15, 0.2) is 5.65 Å². The van der Waals surface area contributed by atoms with Crippen LogP contribution in [0.15, 0.2) is 77.3 Å². The molecule has 0 aliphatic carbocycles. The smallest absolute Gasteiger partial charge is 0.186 e. The Balaban J connectivity index is 1.54. The second kappa shape index (κ2) is 8.05. The van der Waals surface area contributed by atoms with Crippen molar-refractivity contribution in [1.29, 1.82) is 0 Å². The normalized spacial score (nSPS) is 11.3. The van der Waals surface area contributed by atoms with E-state index in [2.05, 4.69) is 31.6 Å². The van der Waals surface area contributed by atoms with Gasteiger partial charge in [0.25, 0.3) is 0 Å². The fourth-order valence-electron chi connectivity index (χ4n) is 3.50. The van der Waals surface area contributed by atoms with E-state index >= 15 is 0 Å². The van der Waals surface area contributed by atoms with E-state index in [9.17, 15) is 0 Å².